The lowest BCUT2D eigenvalue weighted by molar-refractivity contribution is -0.139. The minimum atomic E-state index is -1.02. The first-order valence-electron chi connectivity index (χ1n) is 7.31. The molecule has 1 rings (SSSR count). The Hall–Kier alpha value is -1.69. The maximum absolute atomic E-state index is 12.1. The van der Waals surface area contributed by atoms with Gasteiger partial charge in [0.25, 0.3) is 0 Å². The molecule has 22 heavy (non-hydrogen) atoms. The van der Waals surface area contributed by atoms with Gasteiger partial charge in [0, 0.05) is 5.69 Å². The zero-order chi connectivity index (χ0) is 16.5. The number of unbranched alkanes of at least 4 members (excludes halogenated alkanes) is 1. The molecule has 0 aliphatic carbocycles. The molecule has 0 aliphatic heterocycles. The zero-order valence-electron chi connectivity index (χ0n) is 13.2. The van der Waals surface area contributed by atoms with E-state index in [1.165, 1.54) is 0 Å². The van der Waals surface area contributed by atoms with E-state index in [0.717, 1.165) is 29.8 Å². The van der Waals surface area contributed by atoms with Crippen LogP contribution in [0.2, 0.25) is 0 Å². The van der Waals surface area contributed by atoms with Crippen LogP contribution in [0.15, 0.2) is 18.2 Å². The molecule has 1 aromatic carbocycles. The van der Waals surface area contributed by atoms with Crippen LogP contribution in [-0.2, 0) is 9.59 Å². The number of benzene rings is 1. The lowest BCUT2D eigenvalue weighted by Crippen LogP contribution is -2.23. The Labute approximate surface area is 135 Å². The van der Waals surface area contributed by atoms with Crippen molar-refractivity contribution in [2.24, 2.45) is 0 Å². The Bertz CT molecular complexity index is 519. The number of carboxylic acids is 1. The summed E-state index contributed by atoms with van der Waals surface area (Å²) in [5.41, 5.74) is 1.55. The molecule has 6 heteroatoms. The minimum Gasteiger partial charge on any atom is -0.482 e. The number of ether oxygens (including phenoxy) is 1. The number of aryl methyl sites for hydroxylation is 1. The van der Waals surface area contributed by atoms with Crippen LogP contribution in [0.25, 0.3) is 0 Å². The SMILES string of the molecule is CCCCSC(C)C(=O)Nc1ccc(OCC(=O)O)cc1C. The number of rotatable bonds is 9. The summed E-state index contributed by atoms with van der Waals surface area (Å²) < 4.78 is 5.10. The van der Waals surface area contributed by atoms with Crippen LogP contribution in [-0.4, -0.2) is 34.6 Å². The van der Waals surface area contributed by atoms with Crippen molar-refractivity contribution in [2.45, 2.75) is 38.9 Å². The maximum Gasteiger partial charge on any atom is 0.341 e. The van der Waals surface area contributed by atoms with E-state index in [1.807, 2.05) is 13.8 Å². The second kappa shape index (κ2) is 9.35. The van der Waals surface area contributed by atoms with Gasteiger partial charge in [-0.1, -0.05) is 13.3 Å². The summed E-state index contributed by atoms with van der Waals surface area (Å²) in [4.78, 5) is 22.6. The number of hydrogen-bond donors (Lipinski definition) is 2. The molecule has 1 unspecified atom stereocenters. The third-order valence-electron chi connectivity index (χ3n) is 3.05. The van der Waals surface area contributed by atoms with E-state index in [-0.39, 0.29) is 17.8 Å². The van der Waals surface area contributed by atoms with E-state index in [4.69, 9.17) is 9.84 Å². The molecule has 1 atom stereocenters. The van der Waals surface area contributed by atoms with Gasteiger partial charge in [0.15, 0.2) is 6.61 Å². The predicted octanol–water partition coefficient (Wildman–Crippen LogP) is 3.32. The van der Waals surface area contributed by atoms with Gasteiger partial charge in [-0.3, -0.25) is 4.79 Å². The van der Waals surface area contributed by atoms with Gasteiger partial charge in [0.05, 0.1) is 5.25 Å². The van der Waals surface area contributed by atoms with E-state index in [9.17, 15) is 9.59 Å². The van der Waals surface area contributed by atoms with Crippen molar-refractivity contribution in [1.29, 1.82) is 0 Å². The van der Waals surface area contributed by atoms with E-state index in [0.29, 0.717) is 5.75 Å². The van der Waals surface area contributed by atoms with Gasteiger partial charge in [-0.2, -0.15) is 0 Å². The standard InChI is InChI=1S/C16H23NO4S/c1-4-5-8-22-12(3)16(20)17-14-7-6-13(9-11(14)2)21-10-15(18)19/h6-7,9,12H,4-5,8,10H2,1-3H3,(H,17,20)(H,18,19). The summed E-state index contributed by atoms with van der Waals surface area (Å²) in [6.45, 7) is 5.49. The molecular weight excluding hydrogens is 302 g/mol. The minimum absolute atomic E-state index is 0.0246. The second-order valence-electron chi connectivity index (χ2n) is 5.01. The molecule has 0 spiro atoms. The summed E-state index contributed by atoms with van der Waals surface area (Å²) in [5, 5.41) is 11.4. The average Bonchev–Trinajstić information content (AvgIpc) is 2.47. The number of anilines is 1. The quantitative estimate of drug-likeness (QED) is 0.681. The van der Waals surface area contributed by atoms with Crippen molar-refractivity contribution in [3.8, 4) is 5.75 Å². The molecule has 5 nitrogen and oxygen atoms in total. The predicted molar refractivity (Wildman–Crippen MR) is 89.8 cm³/mol. The van der Waals surface area contributed by atoms with Crippen molar-refractivity contribution in [2.75, 3.05) is 17.7 Å². The normalized spacial score (nSPS) is 11.8. The largest absolute Gasteiger partial charge is 0.482 e. The summed E-state index contributed by atoms with van der Waals surface area (Å²) in [5.74, 6) is 0.408. The van der Waals surface area contributed by atoms with Crippen molar-refractivity contribution >= 4 is 29.3 Å². The molecule has 0 aliphatic rings. The first kappa shape index (κ1) is 18.4. The molecule has 0 saturated heterocycles. The van der Waals surface area contributed by atoms with Gasteiger partial charge in [-0.25, -0.2) is 4.79 Å². The van der Waals surface area contributed by atoms with Gasteiger partial charge < -0.3 is 15.2 Å². The fraction of sp³-hybridized carbons (Fsp3) is 0.500. The smallest absolute Gasteiger partial charge is 0.341 e. The molecule has 0 saturated carbocycles. The van der Waals surface area contributed by atoms with Crippen LogP contribution >= 0.6 is 11.8 Å². The number of nitrogens with one attached hydrogen (secondary N) is 1. The highest BCUT2D eigenvalue weighted by Gasteiger charge is 2.14. The first-order valence-corrected chi connectivity index (χ1v) is 8.36. The third-order valence-corrected chi connectivity index (χ3v) is 4.29. The monoisotopic (exact) mass is 325 g/mol. The highest BCUT2D eigenvalue weighted by molar-refractivity contribution is 8.00. The van der Waals surface area contributed by atoms with Crippen molar-refractivity contribution < 1.29 is 19.4 Å². The lowest BCUT2D eigenvalue weighted by atomic mass is 10.2. The average molecular weight is 325 g/mol. The van der Waals surface area contributed by atoms with Crippen LogP contribution in [0.3, 0.4) is 0 Å². The zero-order valence-corrected chi connectivity index (χ0v) is 14.0. The van der Waals surface area contributed by atoms with E-state index in [1.54, 1.807) is 30.0 Å². The Morgan fingerprint density at radius 3 is 2.73 bits per heavy atom. The fourth-order valence-corrected chi connectivity index (χ4v) is 2.74. The van der Waals surface area contributed by atoms with E-state index >= 15 is 0 Å². The summed E-state index contributed by atoms with van der Waals surface area (Å²) >= 11 is 1.65. The Morgan fingerprint density at radius 1 is 1.41 bits per heavy atom. The Morgan fingerprint density at radius 2 is 2.14 bits per heavy atom. The molecule has 1 amide bonds. The fourth-order valence-electron chi connectivity index (χ4n) is 1.73. The van der Waals surface area contributed by atoms with Crippen molar-refractivity contribution in [3.63, 3.8) is 0 Å². The number of carbonyl (C=O) groups excluding carboxylic acids is 1. The van der Waals surface area contributed by atoms with E-state index in [2.05, 4.69) is 12.2 Å². The lowest BCUT2D eigenvalue weighted by Gasteiger charge is -2.14. The number of hydrogen-bond acceptors (Lipinski definition) is 4. The molecular formula is C16H23NO4S. The van der Waals surface area contributed by atoms with Gasteiger partial charge >= 0.3 is 5.97 Å². The number of thioether (sulfide) groups is 1. The molecule has 0 aromatic heterocycles. The van der Waals surface area contributed by atoms with Crippen LogP contribution in [0.5, 0.6) is 5.75 Å². The highest BCUT2D eigenvalue weighted by Crippen LogP contribution is 2.23. The molecule has 1 aromatic rings. The van der Waals surface area contributed by atoms with Crippen molar-refractivity contribution in [3.05, 3.63) is 23.8 Å². The topological polar surface area (TPSA) is 75.6 Å². The number of amides is 1. The number of carbonyl (C=O) groups is 2. The van der Waals surface area contributed by atoms with Gasteiger partial charge in [0.1, 0.15) is 5.75 Å². The molecule has 0 heterocycles. The first-order chi connectivity index (χ1) is 10.4. The van der Waals surface area contributed by atoms with Crippen molar-refractivity contribution in [1.82, 2.24) is 0 Å². The van der Waals surface area contributed by atoms with Gasteiger partial charge in [-0.05, 0) is 49.8 Å². The van der Waals surface area contributed by atoms with Crippen LogP contribution in [0.4, 0.5) is 5.69 Å². The molecule has 2 N–H and O–H groups in total. The van der Waals surface area contributed by atoms with Crippen LogP contribution in [0.1, 0.15) is 32.3 Å². The summed E-state index contributed by atoms with van der Waals surface area (Å²) in [7, 11) is 0. The van der Waals surface area contributed by atoms with E-state index < -0.39 is 5.97 Å². The third kappa shape index (κ3) is 6.39. The highest BCUT2D eigenvalue weighted by atomic mass is 32.2. The molecule has 0 bridgehead atoms. The Kier molecular flexibility index (Phi) is 7.80. The second-order valence-corrected chi connectivity index (χ2v) is 6.46. The summed E-state index contributed by atoms with van der Waals surface area (Å²) in [6.07, 6.45) is 2.23. The van der Waals surface area contributed by atoms with Gasteiger partial charge in [-0.15, -0.1) is 11.8 Å². The molecule has 0 fully saturated rings. The number of carboxylic acid groups (broad SMARTS) is 1. The maximum atomic E-state index is 12.1. The Balaban J connectivity index is 2.58. The molecule has 0 radical (unpaired) electrons. The van der Waals surface area contributed by atoms with Crippen LogP contribution in [0, 0.1) is 6.92 Å². The van der Waals surface area contributed by atoms with Gasteiger partial charge in [0.2, 0.25) is 5.91 Å². The number of aliphatic carboxylic acids is 1. The van der Waals surface area contributed by atoms with Crippen LogP contribution < -0.4 is 10.1 Å². The summed E-state index contributed by atoms with van der Waals surface area (Å²) in [6, 6.07) is 5.10. The molecule has 122 valence electrons.